The third-order valence-electron chi connectivity index (χ3n) is 3.48. The fourth-order valence-electron chi connectivity index (χ4n) is 2.18. The molecular weight excluding hydrogens is 387 g/mol. The van der Waals surface area contributed by atoms with Crippen molar-refractivity contribution in [2.24, 2.45) is 0 Å². The normalized spacial score (nSPS) is 11.9. The summed E-state index contributed by atoms with van der Waals surface area (Å²) in [6.07, 6.45) is -4.48. The Kier molecular flexibility index (Phi) is 6.55. The van der Waals surface area contributed by atoms with Crippen LogP contribution in [0.4, 0.5) is 13.2 Å². The first-order valence-corrected chi connectivity index (χ1v) is 9.17. The zero-order valence-corrected chi connectivity index (χ0v) is 15.4. The van der Waals surface area contributed by atoms with Gasteiger partial charge in [0.1, 0.15) is 28.8 Å². The van der Waals surface area contributed by atoms with Crippen molar-refractivity contribution in [3.8, 4) is 17.2 Å². The van der Waals surface area contributed by atoms with Crippen LogP contribution in [-0.2, 0) is 16.2 Å². The second-order valence-electron chi connectivity index (χ2n) is 5.29. The van der Waals surface area contributed by atoms with Crippen LogP contribution in [0.2, 0.25) is 0 Å². The van der Waals surface area contributed by atoms with E-state index in [-0.39, 0.29) is 29.5 Å². The molecule has 2 aromatic carbocycles. The molecule has 0 unspecified atom stereocenters. The van der Waals surface area contributed by atoms with E-state index in [9.17, 15) is 21.6 Å². The van der Waals surface area contributed by atoms with Crippen LogP contribution < -0.4 is 18.9 Å². The zero-order chi connectivity index (χ0) is 20.1. The van der Waals surface area contributed by atoms with Crippen LogP contribution in [0, 0.1) is 0 Å². The fraction of sp³-hybridized carbons (Fsp3) is 0.294. The first kappa shape index (κ1) is 20.8. The van der Waals surface area contributed by atoms with Crippen molar-refractivity contribution in [3.63, 3.8) is 0 Å². The Hall–Kier alpha value is -2.46. The minimum atomic E-state index is -4.48. The SMILES string of the molecule is COc1ccc(S(=O)(=O)NCCOc2cccc(C(F)(F)F)c2)c(OC)c1. The average Bonchev–Trinajstić information content (AvgIpc) is 2.64. The Morgan fingerprint density at radius 3 is 2.37 bits per heavy atom. The largest absolute Gasteiger partial charge is 0.497 e. The van der Waals surface area contributed by atoms with Crippen LogP contribution in [0.3, 0.4) is 0 Å². The summed E-state index contributed by atoms with van der Waals surface area (Å²) in [4.78, 5) is -0.0927. The minimum Gasteiger partial charge on any atom is -0.497 e. The van der Waals surface area contributed by atoms with Crippen molar-refractivity contribution in [3.05, 3.63) is 48.0 Å². The van der Waals surface area contributed by atoms with E-state index in [1.807, 2.05) is 0 Å². The lowest BCUT2D eigenvalue weighted by molar-refractivity contribution is -0.137. The van der Waals surface area contributed by atoms with Gasteiger partial charge in [-0.2, -0.15) is 13.2 Å². The molecule has 0 bridgehead atoms. The van der Waals surface area contributed by atoms with E-state index in [1.165, 1.54) is 44.6 Å². The van der Waals surface area contributed by atoms with Crippen molar-refractivity contribution < 1.29 is 35.8 Å². The monoisotopic (exact) mass is 405 g/mol. The average molecular weight is 405 g/mol. The second-order valence-corrected chi connectivity index (χ2v) is 7.02. The highest BCUT2D eigenvalue weighted by Crippen LogP contribution is 2.31. The molecule has 0 aliphatic heterocycles. The first-order chi connectivity index (χ1) is 12.7. The molecule has 0 atom stereocenters. The molecule has 2 aromatic rings. The third-order valence-corrected chi connectivity index (χ3v) is 4.99. The molecule has 0 amide bonds. The fourth-order valence-corrected chi connectivity index (χ4v) is 3.34. The van der Waals surface area contributed by atoms with E-state index in [4.69, 9.17) is 14.2 Å². The number of hydrogen-bond acceptors (Lipinski definition) is 5. The van der Waals surface area contributed by atoms with Crippen LogP contribution in [0.25, 0.3) is 0 Å². The lowest BCUT2D eigenvalue weighted by Crippen LogP contribution is -2.28. The maximum atomic E-state index is 12.7. The molecule has 0 radical (unpaired) electrons. The van der Waals surface area contributed by atoms with Gasteiger partial charge in [-0.3, -0.25) is 0 Å². The van der Waals surface area contributed by atoms with Gasteiger partial charge in [0.05, 0.1) is 19.8 Å². The van der Waals surface area contributed by atoms with Gasteiger partial charge in [-0.15, -0.1) is 0 Å². The molecule has 0 saturated heterocycles. The topological polar surface area (TPSA) is 73.9 Å². The van der Waals surface area contributed by atoms with Crippen molar-refractivity contribution in [1.29, 1.82) is 0 Å². The number of methoxy groups -OCH3 is 2. The van der Waals surface area contributed by atoms with Gasteiger partial charge in [0.2, 0.25) is 10.0 Å². The lowest BCUT2D eigenvalue weighted by Gasteiger charge is -2.13. The second kappa shape index (κ2) is 8.49. The predicted octanol–water partition coefficient (Wildman–Crippen LogP) is 3.08. The summed E-state index contributed by atoms with van der Waals surface area (Å²) in [5, 5.41) is 0. The first-order valence-electron chi connectivity index (χ1n) is 7.69. The molecular formula is C17H18F3NO5S. The van der Waals surface area contributed by atoms with Crippen LogP contribution >= 0.6 is 0 Å². The molecule has 10 heteroatoms. The highest BCUT2D eigenvalue weighted by atomic mass is 32.2. The van der Waals surface area contributed by atoms with Crippen molar-refractivity contribution in [1.82, 2.24) is 4.72 Å². The summed E-state index contributed by atoms with van der Waals surface area (Å²) in [6, 6.07) is 8.56. The number of rotatable bonds is 8. The van der Waals surface area contributed by atoms with Crippen molar-refractivity contribution in [2.75, 3.05) is 27.4 Å². The van der Waals surface area contributed by atoms with E-state index in [2.05, 4.69) is 4.72 Å². The highest BCUT2D eigenvalue weighted by Gasteiger charge is 2.30. The van der Waals surface area contributed by atoms with Gasteiger partial charge >= 0.3 is 6.18 Å². The molecule has 0 aromatic heterocycles. The van der Waals surface area contributed by atoms with Gasteiger partial charge < -0.3 is 14.2 Å². The molecule has 27 heavy (non-hydrogen) atoms. The van der Waals surface area contributed by atoms with Crippen molar-refractivity contribution in [2.45, 2.75) is 11.1 Å². The molecule has 0 spiro atoms. The predicted molar refractivity (Wildman–Crippen MR) is 91.7 cm³/mol. The molecule has 1 N–H and O–H groups in total. The zero-order valence-electron chi connectivity index (χ0n) is 14.5. The molecule has 6 nitrogen and oxygen atoms in total. The smallest absolute Gasteiger partial charge is 0.416 e. The highest BCUT2D eigenvalue weighted by molar-refractivity contribution is 7.89. The Balaban J connectivity index is 1.99. The Morgan fingerprint density at radius 1 is 1.00 bits per heavy atom. The third kappa shape index (κ3) is 5.51. The maximum Gasteiger partial charge on any atom is 0.416 e. The molecule has 0 fully saturated rings. The van der Waals surface area contributed by atoms with E-state index < -0.39 is 21.8 Å². The Bertz CT molecular complexity index is 884. The summed E-state index contributed by atoms with van der Waals surface area (Å²) in [6.45, 7) is -0.299. The maximum absolute atomic E-state index is 12.7. The van der Waals surface area contributed by atoms with Gasteiger partial charge in [0, 0.05) is 12.6 Å². The van der Waals surface area contributed by atoms with Gasteiger partial charge in [-0.25, -0.2) is 13.1 Å². The van der Waals surface area contributed by atoms with E-state index >= 15 is 0 Å². The van der Waals surface area contributed by atoms with Gasteiger partial charge in [0.15, 0.2) is 0 Å². The number of hydrogen-bond donors (Lipinski definition) is 1. The summed E-state index contributed by atoms with van der Waals surface area (Å²) >= 11 is 0. The summed E-state index contributed by atoms with van der Waals surface area (Å²) in [5.74, 6) is 0.519. The van der Waals surface area contributed by atoms with E-state index in [0.717, 1.165) is 12.1 Å². The summed E-state index contributed by atoms with van der Waals surface area (Å²) in [5.41, 5.74) is -0.844. The number of benzene rings is 2. The molecule has 0 aliphatic carbocycles. The number of alkyl halides is 3. The molecule has 148 valence electrons. The minimum absolute atomic E-state index is 0.00829. The van der Waals surface area contributed by atoms with Crippen LogP contribution in [0.5, 0.6) is 17.2 Å². The summed E-state index contributed by atoms with van der Waals surface area (Å²) in [7, 11) is -1.14. The molecule has 0 heterocycles. The van der Waals surface area contributed by atoms with Crippen LogP contribution in [0.1, 0.15) is 5.56 Å². The standard InChI is InChI=1S/C17H18F3NO5S/c1-24-13-6-7-16(15(11-13)25-2)27(22,23)21-8-9-26-14-5-3-4-12(10-14)17(18,19)20/h3-7,10-11,21H,8-9H2,1-2H3. The molecule has 0 saturated carbocycles. The Morgan fingerprint density at radius 2 is 1.74 bits per heavy atom. The molecule has 2 rings (SSSR count). The van der Waals surface area contributed by atoms with Gasteiger partial charge in [-0.05, 0) is 30.3 Å². The number of halogens is 3. The molecule has 0 aliphatic rings. The quantitative estimate of drug-likeness (QED) is 0.684. The Labute approximate surface area is 154 Å². The van der Waals surface area contributed by atoms with Crippen LogP contribution in [0.15, 0.2) is 47.4 Å². The van der Waals surface area contributed by atoms with E-state index in [0.29, 0.717) is 5.75 Å². The number of ether oxygens (including phenoxy) is 3. The number of nitrogens with one attached hydrogen (secondary N) is 1. The lowest BCUT2D eigenvalue weighted by atomic mass is 10.2. The van der Waals surface area contributed by atoms with E-state index in [1.54, 1.807) is 0 Å². The summed E-state index contributed by atoms with van der Waals surface area (Å²) < 4.78 is 80.3. The number of sulfonamides is 1. The van der Waals surface area contributed by atoms with Gasteiger partial charge in [-0.1, -0.05) is 6.07 Å². The van der Waals surface area contributed by atoms with Crippen molar-refractivity contribution >= 4 is 10.0 Å². The van der Waals surface area contributed by atoms with Crippen LogP contribution in [-0.4, -0.2) is 35.8 Å². The van der Waals surface area contributed by atoms with Gasteiger partial charge in [0.25, 0.3) is 0 Å².